The fourth-order valence-electron chi connectivity index (χ4n) is 1.96. The number of nitrogens with one attached hydrogen (secondary N) is 2. The lowest BCUT2D eigenvalue weighted by Crippen LogP contribution is -2.41. The molecule has 0 saturated carbocycles. The lowest BCUT2D eigenvalue weighted by atomic mass is 10.2. The van der Waals surface area contributed by atoms with Gasteiger partial charge in [0.15, 0.2) is 5.13 Å². The number of pyridine rings is 1. The molecule has 1 atom stereocenters. The van der Waals surface area contributed by atoms with Crippen molar-refractivity contribution in [2.24, 2.45) is 0 Å². The zero-order chi connectivity index (χ0) is 17.8. The summed E-state index contributed by atoms with van der Waals surface area (Å²) in [6.07, 6.45) is 3.40. The van der Waals surface area contributed by atoms with Crippen LogP contribution in [0.3, 0.4) is 0 Å². The lowest BCUT2D eigenvalue weighted by Gasteiger charge is -2.12. The Labute approximate surface area is 160 Å². The summed E-state index contributed by atoms with van der Waals surface area (Å²) in [6.45, 7) is 1.63. The minimum atomic E-state index is -0.681. The molecule has 0 spiro atoms. The third kappa shape index (κ3) is 4.50. The fraction of sp³-hybridized carbons (Fsp3) is 0.125. The summed E-state index contributed by atoms with van der Waals surface area (Å²) in [4.78, 5) is 33.3. The van der Waals surface area contributed by atoms with E-state index in [1.54, 1.807) is 31.5 Å². The second kappa shape index (κ2) is 7.85. The van der Waals surface area contributed by atoms with Crippen LogP contribution in [0.25, 0.3) is 11.3 Å². The first-order valence-electron chi connectivity index (χ1n) is 7.26. The maximum absolute atomic E-state index is 12.3. The van der Waals surface area contributed by atoms with E-state index in [1.165, 1.54) is 22.7 Å². The minimum absolute atomic E-state index is 0.284. The molecular weight excluding hydrogens is 424 g/mol. The molecule has 9 heteroatoms. The van der Waals surface area contributed by atoms with Gasteiger partial charge in [0.2, 0.25) is 5.91 Å². The Morgan fingerprint density at radius 2 is 2.12 bits per heavy atom. The average Bonchev–Trinajstić information content (AvgIpc) is 3.24. The van der Waals surface area contributed by atoms with Crippen molar-refractivity contribution in [3.05, 3.63) is 50.7 Å². The molecular formula is C16H13BrN4O2S2. The van der Waals surface area contributed by atoms with Crippen molar-refractivity contribution in [3.63, 3.8) is 0 Å². The maximum Gasteiger partial charge on any atom is 0.262 e. The molecule has 0 aliphatic heterocycles. The Morgan fingerprint density at radius 3 is 2.80 bits per heavy atom. The largest absolute Gasteiger partial charge is 0.340 e. The van der Waals surface area contributed by atoms with Gasteiger partial charge in [0.25, 0.3) is 5.91 Å². The third-order valence-corrected chi connectivity index (χ3v) is 5.61. The molecule has 2 N–H and O–H groups in total. The molecule has 3 heterocycles. The number of hydrogen-bond donors (Lipinski definition) is 2. The molecule has 0 fully saturated rings. The van der Waals surface area contributed by atoms with E-state index >= 15 is 0 Å². The first-order chi connectivity index (χ1) is 12.0. The first-order valence-corrected chi connectivity index (χ1v) is 9.75. The average molecular weight is 437 g/mol. The van der Waals surface area contributed by atoms with Crippen LogP contribution in [-0.4, -0.2) is 27.8 Å². The second-order valence-electron chi connectivity index (χ2n) is 5.07. The lowest BCUT2D eigenvalue weighted by molar-refractivity contribution is -0.117. The van der Waals surface area contributed by atoms with E-state index in [-0.39, 0.29) is 11.8 Å². The van der Waals surface area contributed by atoms with Gasteiger partial charge in [-0.15, -0.1) is 22.7 Å². The predicted octanol–water partition coefficient (Wildman–Crippen LogP) is 3.79. The van der Waals surface area contributed by atoms with Crippen LogP contribution in [0.15, 0.2) is 45.8 Å². The number of thiazole rings is 1. The number of hydrogen-bond acceptors (Lipinski definition) is 6. The van der Waals surface area contributed by atoms with Crippen LogP contribution >= 0.6 is 38.6 Å². The van der Waals surface area contributed by atoms with Crippen LogP contribution in [-0.2, 0) is 4.79 Å². The van der Waals surface area contributed by atoms with Crippen molar-refractivity contribution in [3.8, 4) is 11.3 Å². The highest BCUT2D eigenvalue weighted by Gasteiger charge is 2.19. The smallest absolute Gasteiger partial charge is 0.262 e. The van der Waals surface area contributed by atoms with Gasteiger partial charge in [0.05, 0.1) is 14.4 Å². The number of aromatic nitrogens is 2. The summed E-state index contributed by atoms with van der Waals surface area (Å²) >= 11 is 5.94. The fourth-order valence-corrected chi connectivity index (χ4v) is 3.97. The van der Waals surface area contributed by atoms with Crippen molar-refractivity contribution in [1.29, 1.82) is 0 Å². The Bertz CT molecular complexity index is 894. The molecule has 0 bridgehead atoms. The SMILES string of the molecule is CC(NC(=O)c1ccc(Br)s1)C(=O)Nc1nc(-c2cccnc2)cs1. The van der Waals surface area contributed by atoms with Crippen molar-refractivity contribution < 1.29 is 9.59 Å². The minimum Gasteiger partial charge on any atom is -0.340 e. The summed E-state index contributed by atoms with van der Waals surface area (Å²) in [7, 11) is 0. The van der Waals surface area contributed by atoms with Gasteiger partial charge in [-0.05, 0) is 47.1 Å². The van der Waals surface area contributed by atoms with Crippen molar-refractivity contribution in [2.45, 2.75) is 13.0 Å². The maximum atomic E-state index is 12.3. The Morgan fingerprint density at radius 1 is 1.28 bits per heavy atom. The Balaban J connectivity index is 1.60. The molecule has 1 unspecified atom stereocenters. The topological polar surface area (TPSA) is 84.0 Å². The molecule has 2 amide bonds. The summed E-state index contributed by atoms with van der Waals surface area (Å²) in [5.41, 5.74) is 1.62. The van der Waals surface area contributed by atoms with Crippen LogP contribution in [0.4, 0.5) is 5.13 Å². The summed E-state index contributed by atoms with van der Waals surface area (Å²) in [5, 5.41) is 7.72. The molecule has 0 aromatic carbocycles. The number of carbonyl (C=O) groups is 2. The molecule has 128 valence electrons. The van der Waals surface area contributed by atoms with Crippen LogP contribution in [0.5, 0.6) is 0 Å². The van der Waals surface area contributed by atoms with E-state index in [0.29, 0.717) is 10.0 Å². The number of halogens is 1. The monoisotopic (exact) mass is 436 g/mol. The third-order valence-electron chi connectivity index (χ3n) is 3.23. The molecule has 3 aromatic heterocycles. The van der Waals surface area contributed by atoms with Gasteiger partial charge in [0.1, 0.15) is 6.04 Å². The summed E-state index contributed by atoms with van der Waals surface area (Å²) < 4.78 is 0.862. The normalized spacial score (nSPS) is 11.8. The van der Waals surface area contributed by atoms with Gasteiger partial charge >= 0.3 is 0 Å². The van der Waals surface area contributed by atoms with Crippen molar-refractivity contribution >= 4 is 55.5 Å². The van der Waals surface area contributed by atoms with Gasteiger partial charge < -0.3 is 10.6 Å². The van der Waals surface area contributed by atoms with E-state index in [4.69, 9.17) is 0 Å². The van der Waals surface area contributed by atoms with E-state index in [9.17, 15) is 9.59 Å². The number of thiophene rings is 1. The molecule has 0 radical (unpaired) electrons. The second-order valence-corrected chi connectivity index (χ2v) is 8.39. The summed E-state index contributed by atoms with van der Waals surface area (Å²) in [6, 6.07) is 6.54. The number of carbonyl (C=O) groups excluding carboxylic acids is 2. The number of amides is 2. The van der Waals surface area contributed by atoms with E-state index in [0.717, 1.165) is 15.0 Å². The molecule has 0 saturated heterocycles. The van der Waals surface area contributed by atoms with E-state index in [1.807, 2.05) is 17.5 Å². The van der Waals surface area contributed by atoms with Gasteiger partial charge in [-0.1, -0.05) is 0 Å². The number of rotatable bonds is 5. The molecule has 3 rings (SSSR count). The van der Waals surface area contributed by atoms with Crippen LogP contribution in [0.1, 0.15) is 16.6 Å². The van der Waals surface area contributed by atoms with Crippen molar-refractivity contribution in [1.82, 2.24) is 15.3 Å². The zero-order valence-corrected chi connectivity index (χ0v) is 16.2. The van der Waals surface area contributed by atoms with Gasteiger partial charge in [-0.3, -0.25) is 14.6 Å². The zero-order valence-electron chi connectivity index (χ0n) is 13.0. The molecule has 0 aliphatic rings. The van der Waals surface area contributed by atoms with Gasteiger partial charge in [0, 0.05) is 23.3 Å². The quantitative estimate of drug-likeness (QED) is 0.636. The van der Waals surface area contributed by atoms with Crippen LogP contribution in [0.2, 0.25) is 0 Å². The first kappa shape index (κ1) is 17.7. The Hall–Kier alpha value is -2.10. The van der Waals surface area contributed by atoms with E-state index in [2.05, 4.69) is 36.5 Å². The van der Waals surface area contributed by atoms with Gasteiger partial charge in [-0.2, -0.15) is 0 Å². The molecule has 25 heavy (non-hydrogen) atoms. The van der Waals surface area contributed by atoms with E-state index < -0.39 is 6.04 Å². The predicted molar refractivity (Wildman–Crippen MR) is 103 cm³/mol. The molecule has 6 nitrogen and oxygen atoms in total. The highest BCUT2D eigenvalue weighted by Crippen LogP contribution is 2.24. The Kier molecular flexibility index (Phi) is 5.57. The van der Waals surface area contributed by atoms with Gasteiger partial charge in [-0.25, -0.2) is 4.98 Å². The number of anilines is 1. The van der Waals surface area contributed by atoms with Crippen LogP contribution in [0, 0.1) is 0 Å². The summed E-state index contributed by atoms with van der Waals surface area (Å²) in [5.74, 6) is -0.607. The highest BCUT2D eigenvalue weighted by molar-refractivity contribution is 9.11. The van der Waals surface area contributed by atoms with Crippen LogP contribution < -0.4 is 10.6 Å². The molecule has 3 aromatic rings. The number of nitrogens with zero attached hydrogens (tertiary/aromatic N) is 2. The molecule has 0 aliphatic carbocycles. The van der Waals surface area contributed by atoms with Crippen molar-refractivity contribution in [2.75, 3.05) is 5.32 Å². The highest BCUT2D eigenvalue weighted by atomic mass is 79.9. The standard InChI is InChI=1S/C16H13BrN4O2S2/c1-9(19-15(23)12-4-5-13(17)25-12)14(22)21-16-20-11(8-24-16)10-3-2-6-18-7-10/h2-9H,1H3,(H,19,23)(H,20,21,22).